The maximum absolute atomic E-state index is 11.9. The maximum Gasteiger partial charge on any atom is 0.241 e. The highest BCUT2D eigenvalue weighted by Crippen LogP contribution is 2.15. The molecule has 0 spiro atoms. The summed E-state index contributed by atoms with van der Waals surface area (Å²) in [5, 5.41) is 2.86. The van der Waals surface area contributed by atoms with Crippen molar-refractivity contribution in [3.8, 4) is 0 Å². The van der Waals surface area contributed by atoms with Crippen LogP contribution in [0.2, 0.25) is 0 Å². The van der Waals surface area contributed by atoms with Gasteiger partial charge >= 0.3 is 0 Å². The Bertz CT molecular complexity index is 407. The van der Waals surface area contributed by atoms with E-state index in [1.165, 1.54) is 11.1 Å². The lowest BCUT2D eigenvalue weighted by atomic mass is 9.99. The van der Waals surface area contributed by atoms with Crippen LogP contribution in [0.3, 0.4) is 0 Å². The fourth-order valence-corrected chi connectivity index (χ4v) is 1.56. The number of hydrogen-bond acceptors (Lipinski definition) is 2. The van der Waals surface area contributed by atoms with Gasteiger partial charge in [-0.1, -0.05) is 26.3 Å². The van der Waals surface area contributed by atoms with Crippen molar-refractivity contribution in [3.63, 3.8) is 0 Å². The molecule has 0 saturated carbocycles. The number of aryl methyl sites for hydroxylation is 2. The van der Waals surface area contributed by atoms with Gasteiger partial charge in [0.1, 0.15) is 0 Å². The van der Waals surface area contributed by atoms with Crippen LogP contribution in [0, 0.1) is 19.8 Å². The Labute approximate surface area is 116 Å². The summed E-state index contributed by atoms with van der Waals surface area (Å²) >= 11 is 0. The van der Waals surface area contributed by atoms with Crippen LogP contribution < -0.4 is 11.1 Å². The van der Waals surface area contributed by atoms with Crippen molar-refractivity contribution in [2.24, 2.45) is 11.7 Å². The van der Waals surface area contributed by atoms with Gasteiger partial charge in [0.05, 0.1) is 6.04 Å². The van der Waals surface area contributed by atoms with E-state index >= 15 is 0 Å². The molecule has 0 aliphatic rings. The predicted molar refractivity (Wildman–Crippen MR) is 79.2 cm³/mol. The van der Waals surface area contributed by atoms with E-state index in [0.29, 0.717) is 0 Å². The molecule has 4 heteroatoms. The third-order valence-corrected chi connectivity index (χ3v) is 3.33. The van der Waals surface area contributed by atoms with Gasteiger partial charge in [0.2, 0.25) is 5.91 Å². The summed E-state index contributed by atoms with van der Waals surface area (Å²) in [6.45, 7) is 8.10. The summed E-state index contributed by atoms with van der Waals surface area (Å²) in [6, 6.07) is 5.43. The number of halogens is 1. The second-order valence-corrected chi connectivity index (χ2v) is 4.70. The zero-order chi connectivity index (χ0) is 13.0. The Hall–Kier alpha value is -1.06. The number of benzene rings is 1. The van der Waals surface area contributed by atoms with Crippen LogP contribution in [-0.4, -0.2) is 11.9 Å². The molecule has 1 rings (SSSR count). The molecule has 0 aliphatic carbocycles. The van der Waals surface area contributed by atoms with Gasteiger partial charge in [-0.05, 0) is 43.0 Å². The second kappa shape index (κ2) is 7.39. The van der Waals surface area contributed by atoms with Crippen molar-refractivity contribution < 1.29 is 4.79 Å². The molecule has 1 aromatic rings. The van der Waals surface area contributed by atoms with Crippen molar-refractivity contribution >= 4 is 24.0 Å². The number of carbonyl (C=O) groups excluding carboxylic acids is 1. The SMILES string of the molecule is CCC(C)C(N)C(=O)Nc1ccc(C)c(C)c1.Cl. The van der Waals surface area contributed by atoms with Gasteiger partial charge in [-0.15, -0.1) is 12.4 Å². The topological polar surface area (TPSA) is 55.1 Å². The second-order valence-electron chi connectivity index (χ2n) is 4.70. The van der Waals surface area contributed by atoms with Crippen molar-refractivity contribution in [2.75, 3.05) is 5.32 Å². The van der Waals surface area contributed by atoms with Crippen molar-refractivity contribution in [1.29, 1.82) is 0 Å². The molecule has 0 saturated heterocycles. The normalized spacial score (nSPS) is 13.4. The summed E-state index contributed by atoms with van der Waals surface area (Å²) < 4.78 is 0. The number of carbonyl (C=O) groups is 1. The molecule has 0 aliphatic heterocycles. The minimum absolute atomic E-state index is 0. The fraction of sp³-hybridized carbons (Fsp3) is 0.500. The lowest BCUT2D eigenvalue weighted by Crippen LogP contribution is -2.40. The Morgan fingerprint density at radius 1 is 1.33 bits per heavy atom. The summed E-state index contributed by atoms with van der Waals surface area (Å²) in [5.41, 5.74) is 9.07. The van der Waals surface area contributed by atoms with Gasteiger partial charge in [0.25, 0.3) is 0 Å². The summed E-state index contributed by atoms with van der Waals surface area (Å²) in [6.07, 6.45) is 0.904. The summed E-state index contributed by atoms with van der Waals surface area (Å²) in [5.74, 6) is 0.0872. The Morgan fingerprint density at radius 2 is 1.94 bits per heavy atom. The monoisotopic (exact) mass is 270 g/mol. The van der Waals surface area contributed by atoms with Crippen LogP contribution in [0.1, 0.15) is 31.4 Å². The molecular weight excluding hydrogens is 248 g/mol. The lowest BCUT2D eigenvalue weighted by Gasteiger charge is -2.18. The first-order valence-electron chi connectivity index (χ1n) is 6.09. The number of anilines is 1. The van der Waals surface area contributed by atoms with E-state index < -0.39 is 6.04 Å². The van der Waals surface area contributed by atoms with E-state index in [-0.39, 0.29) is 24.2 Å². The van der Waals surface area contributed by atoms with Gasteiger partial charge in [-0.25, -0.2) is 0 Å². The smallest absolute Gasteiger partial charge is 0.241 e. The molecule has 1 aromatic carbocycles. The molecule has 0 heterocycles. The van der Waals surface area contributed by atoms with Crippen LogP contribution in [0.15, 0.2) is 18.2 Å². The van der Waals surface area contributed by atoms with Crippen molar-refractivity contribution in [2.45, 2.75) is 40.2 Å². The highest BCUT2D eigenvalue weighted by Gasteiger charge is 2.19. The van der Waals surface area contributed by atoms with Crippen LogP contribution in [0.5, 0.6) is 0 Å². The lowest BCUT2D eigenvalue weighted by molar-refractivity contribution is -0.118. The standard InChI is InChI=1S/C14H22N2O.ClH/c1-5-9(2)13(15)14(17)16-12-7-6-10(3)11(4)8-12;/h6-9,13H,5,15H2,1-4H3,(H,16,17);1H. The Balaban J connectivity index is 0.00000289. The molecule has 18 heavy (non-hydrogen) atoms. The molecule has 3 nitrogen and oxygen atoms in total. The fourth-order valence-electron chi connectivity index (χ4n) is 1.56. The van der Waals surface area contributed by atoms with E-state index in [9.17, 15) is 4.79 Å². The highest BCUT2D eigenvalue weighted by atomic mass is 35.5. The van der Waals surface area contributed by atoms with Gasteiger partial charge < -0.3 is 11.1 Å². The van der Waals surface area contributed by atoms with E-state index in [1.807, 2.05) is 45.9 Å². The summed E-state index contributed by atoms with van der Waals surface area (Å²) in [7, 11) is 0. The van der Waals surface area contributed by atoms with E-state index in [0.717, 1.165) is 12.1 Å². The number of nitrogens with two attached hydrogens (primary N) is 1. The zero-order valence-electron chi connectivity index (χ0n) is 11.5. The Kier molecular flexibility index (Phi) is 6.96. The van der Waals surface area contributed by atoms with E-state index in [2.05, 4.69) is 5.32 Å². The molecule has 2 unspecified atom stereocenters. The highest BCUT2D eigenvalue weighted by molar-refractivity contribution is 5.94. The van der Waals surface area contributed by atoms with Crippen LogP contribution in [0.4, 0.5) is 5.69 Å². The number of nitrogens with one attached hydrogen (secondary N) is 1. The molecule has 3 N–H and O–H groups in total. The molecule has 0 bridgehead atoms. The van der Waals surface area contributed by atoms with Gasteiger partial charge in [0.15, 0.2) is 0 Å². The zero-order valence-corrected chi connectivity index (χ0v) is 12.3. The van der Waals surface area contributed by atoms with Crippen molar-refractivity contribution in [3.05, 3.63) is 29.3 Å². The number of rotatable bonds is 4. The van der Waals surface area contributed by atoms with Gasteiger partial charge in [-0.3, -0.25) is 4.79 Å². The van der Waals surface area contributed by atoms with Crippen LogP contribution in [0.25, 0.3) is 0 Å². The summed E-state index contributed by atoms with van der Waals surface area (Å²) in [4.78, 5) is 11.9. The third kappa shape index (κ3) is 4.31. The average Bonchev–Trinajstić information content (AvgIpc) is 2.31. The first-order chi connectivity index (χ1) is 7.95. The molecule has 0 aromatic heterocycles. The maximum atomic E-state index is 11.9. The van der Waals surface area contributed by atoms with Gasteiger partial charge in [-0.2, -0.15) is 0 Å². The molecular formula is C14H23ClN2O. The molecule has 102 valence electrons. The quantitative estimate of drug-likeness (QED) is 0.884. The molecule has 2 atom stereocenters. The molecule has 0 fully saturated rings. The molecule has 1 amide bonds. The van der Waals surface area contributed by atoms with Crippen molar-refractivity contribution in [1.82, 2.24) is 0 Å². The van der Waals surface area contributed by atoms with E-state index in [4.69, 9.17) is 5.73 Å². The first-order valence-corrected chi connectivity index (χ1v) is 6.09. The number of amides is 1. The van der Waals surface area contributed by atoms with E-state index in [1.54, 1.807) is 0 Å². The number of hydrogen-bond donors (Lipinski definition) is 2. The van der Waals surface area contributed by atoms with Crippen LogP contribution >= 0.6 is 12.4 Å². The minimum atomic E-state index is -0.443. The largest absolute Gasteiger partial charge is 0.325 e. The third-order valence-electron chi connectivity index (χ3n) is 3.33. The first kappa shape index (κ1) is 16.9. The van der Waals surface area contributed by atoms with Crippen LogP contribution in [-0.2, 0) is 4.79 Å². The van der Waals surface area contributed by atoms with Gasteiger partial charge in [0, 0.05) is 5.69 Å². The minimum Gasteiger partial charge on any atom is -0.325 e. The Morgan fingerprint density at radius 3 is 2.44 bits per heavy atom. The molecule has 0 radical (unpaired) electrons. The predicted octanol–water partition coefficient (Wildman–Crippen LogP) is 3.04. The average molecular weight is 271 g/mol.